The Kier molecular flexibility index (Phi) is 8.02. The fraction of sp³-hybridized carbons (Fsp3) is 0.393. The van der Waals surface area contributed by atoms with E-state index in [4.69, 9.17) is 21.6 Å². The second kappa shape index (κ2) is 11.6. The van der Waals surface area contributed by atoms with Crippen LogP contribution in [0.25, 0.3) is 10.9 Å². The van der Waals surface area contributed by atoms with E-state index in [0.717, 1.165) is 12.8 Å². The minimum atomic E-state index is -0.767. The average Bonchev–Trinajstić information content (AvgIpc) is 3.79. The molecule has 2 aliphatic rings. The first-order valence-electron chi connectivity index (χ1n) is 13.2. The van der Waals surface area contributed by atoms with Gasteiger partial charge in [0.1, 0.15) is 12.2 Å². The van der Waals surface area contributed by atoms with Crippen LogP contribution in [0.5, 0.6) is 0 Å². The number of anilines is 1. The number of carbonyl (C=O) groups excluding carboxylic acids is 2. The predicted molar refractivity (Wildman–Crippen MR) is 150 cm³/mol. The highest BCUT2D eigenvalue weighted by Crippen LogP contribution is 2.30. The highest BCUT2D eigenvalue weighted by molar-refractivity contribution is 6.32. The number of benzene rings is 2. The minimum Gasteiger partial charge on any atom is -0.365 e. The molecule has 5 rings (SSSR count). The first kappa shape index (κ1) is 27.6. The molecule has 40 heavy (non-hydrogen) atoms. The van der Waals surface area contributed by atoms with Crippen LogP contribution in [0.3, 0.4) is 0 Å². The van der Waals surface area contributed by atoms with E-state index in [0.29, 0.717) is 46.7 Å². The van der Waals surface area contributed by atoms with Crippen molar-refractivity contribution < 1.29 is 14.3 Å². The van der Waals surface area contributed by atoms with E-state index in [1.165, 1.54) is 22.8 Å². The average molecular weight is 565 g/mol. The largest absolute Gasteiger partial charge is 0.365 e. The highest BCUT2D eigenvalue weighted by atomic mass is 35.5. The molecule has 3 aromatic rings. The molecule has 1 aromatic heterocycles. The fourth-order valence-electron chi connectivity index (χ4n) is 4.74. The molecule has 2 heterocycles. The lowest BCUT2D eigenvalue weighted by Gasteiger charge is -2.29. The Balaban J connectivity index is 1.19. The third-order valence-corrected chi connectivity index (χ3v) is 7.50. The number of nitriles is 1. The number of hydrogen-bond donors (Lipinski definition) is 3. The SMILES string of the molecule is CCn1c(=O)n(CC2CC2)c(=O)c2cc(NC(=O)C3CNC(CNC(=O)c4ccc(C#N)c(Cl)c4)CO3)ccc21. The summed E-state index contributed by atoms with van der Waals surface area (Å²) in [4.78, 5) is 51.4. The minimum absolute atomic E-state index is 0.193. The Bertz CT molecular complexity index is 1630. The molecule has 1 aliphatic heterocycles. The van der Waals surface area contributed by atoms with Gasteiger partial charge in [-0.25, -0.2) is 4.79 Å². The number of aromatic nitrogens is 2. The second-order valence-electron chi connectivity index (χ2n) is 10.1. The summed E-state index contributed by atoms with van der Waals surface area (Å²) in [5, 5.41) is 18.4. The van der Waals surface area contributed by atoms with E-state index in [-0.39, 0.29) is 53.8 Å². The van der Waals surface area contributed by atoms with Crippen molar-refractivity contribution >= 4 is 40.0 Å². The summed E-state index contributed by atoms with van der Waals surface area (Å²) >= 11 is 6.01. The lowest BCUT2D eigenvalue weighted by molar-refractivity contribution is -0.130. The summed E-state index contributed by atoms with van der Waals surface area (Å²) in [6.07, 6.45) is 1.26. The number of halogens is 1. The summed E-state index contributed by atoms with van der Waals surface area (Å²) in [6, 6.07) is 11.2. The number of aryl methyl sites for hydroxylation is 1. The smallest absolute Gasteiger partial charge is 0.331 e. The van der Waals surface area contributed by atoms with Gasteiger partial charge in [-0.2, -0.15) is 5.26 Å². The zero-order valence-electron chi connectivity index (χ0n) is 21.9. The zero-order valence-corrected chi connectivity index (χ0v) is 22.7. The molecule has 12 heteroatoms. The van der Waals surface area contributed by atoms with Crippen molar-refractivity contribution in [2.45, 2.75) is 45.0 Å². The number of nitrogens with one attached hydrogen (secondary N) is 3. The topological polar surface area (TPSA) is 147 Å². The number of carbonyl (C=O) groups is 2. The van der Waals surface area contributed by atoms with Gasteiger partial charge in [-0.1, -0.05) is 11.6 Å². The van der Waals surface area contributed by atoms with Gasteiger partial charge in [0.15, 0.2) is 0 Å². The highest BCUT2D eigenvalue weighted by Gasteiger charge is 2.28. The van der Waals surface area contributed by atoms with Gasteiger partial charge in [-0.3, -0.25) is 23.5 Å². The first-order valence-corrected chi connectivity index (χ1v) is 13.6. The maximum Gasteiger partial charge on any atom is 0.331 e. The molecular weight excluding hydrogens is 536 g/mol. The Labute approximate surface area is 234 Å². The molecule has 2 fully saturated rings. The zero-order chi connectivity index (χ0) is 28.4. The molecule has 208 valence electrons. The first-order chi connectivity index (χ1) is 19.3. The number of rotatable bonds is 8. The second-order valence-corrected chi connectivity index (χ2v) is 10.5. The van der Waals surface area contributed by atoms with Crippen LogP contribution in [0.1, 0.15) is 35.7 Å². The van der Waals surface area contributed by atoms with Crippen molar-refractivity contribution in [3.8, 4) is 6.07 Å². The van der Waals surface area contributed by atoms with Crippen LogP contribution >= 0.6 is 11.6 Å². The van der Waals surface area contributed by atoms with Crippen molar-refractivity contribution in [1.29, 1.82) is 5.26 Å². The molecule has 0 radical (unpaired) electrons. The van der Waals surface area contributed by atoms with Crippen LogP contribution < -0.4 is 27.2 Å². The lowest BCUT2D eigenvalue weighted by atomic mass is 10.1. The van der Waals surface area contributed by atoms with E-state index >= 15 is 0 Å². The Morgan fingerprint density at radius 3 is 2.62 bits per heavy atom. The van der Waals surface area contributed by atoms with Gasteiger partial charge >= 0.3 is 5.69 Å². The quantitative estimate of drug-likeness (QED) is 0.378. The van der Waals surface area contributed by atoms with Crippen LogP contribution in [-0.4, -0.2) is 52.8 Å². The molecule has 1 saturated heterocycles. The molecule has 3 N–H and O–H groups in total. The molecule has 1 aliphatic carbocycles. The maximum absolute atomic E-state index is 13.2. The maximum atomic E-state index is 13.2. The summed E-state index contributed by atoms with van der Waals surface area (Å²) in [7, 11) is 0. The standard InChI is InChI=1S/C28H29ClN6O5/c1-2-34-23-8-7-19(10-21(23)27(38)35(28(34)39)14-16-3-4-16)33-26(37)24-13-31-20(15-40-24)12-32-25(36)17-5-6-18(11-30)22(29)9-17/h5-10,16,20,24,31H,2-4,12-15H2,1H3,(H,32,36)(H,33,37). The van der Waals surface area contributed by atoms with Gasteiger partial charge in [0.05, 0.1) is 28.1 Å². The van der Waals surface area contributed by atoms with Crippen LogP contribution in [0.4, 0.5) is 5.69 Å². The van der Waals surface area contributed by atoms with Crippen molar-refractivity contribution in [3.63, 3.8) is 0 Å². The molecule has 2 amide bonds. The van der Waals surface area contributed by atoms with E-state index in [2.05, 4.69) is 16.0 Å². The van der Waals surface area contributed by atoms with Crippen molar-refractivity contribution in [3.05, 3.63) is 73.4 Å². The third-order valence-electron chi connectivity index (χ3n) is 7.19. The number of fused-ring (bicyclic) bond motifs is 1. The normalized spacial score (nSPS) is 18.7. The predicted octanol–water partition coefficient (Wildman–Crippen LogP) is 1.84. The molecule has 0 bridgehead atoms. The number of ether oxygens (including phenoxy) is 1. The van der Waals surface area contributed by atoms with Crippen molar-refractivity contribution in [1.82, 2.24) is 19.8 Å². The van der Waals surface area contributed by atoms with Crippen molar-refractivity contribution in [2.24, 2.45) is 5.92 Å². The Hall–Kier alpha value is -3.98. The van der Waals surface area contributed by atoms with Crippen LogP contribution in [0.15, 0.2) is 46.0 Å². The van der Waals surface area contributed by atoms with Crippen LogP contribution in [-0.2, 0) is 22.6 Å². The van der Waals surface area contributed by atoms with Crippen LogP contribution in [0.2, 0.25) is 5.02 Å². The van der Waals surface area contributed by atoms with Crippen molar-refractivity contribution in [2.75, 3.05) is 25.0 Å². The summed E-state index contributed by atoms with van der Waals surface area (Å²) in [6.45, 7) is 3.38. The van der Waals surface area contributed by atoms with E-state index in [1.807, 2.05) is 13.0 Å². The molecule has 0 spiro atoms. The number of morpholine rings is 1. The molecule has 2 unspecified atom stereocenters. The number of amides is 2. The lowest BCUT2D eigenvalue weighted by Crippen LogP contribution is -2.54. The van der Waals surface area contributed by atoms with Crippen LogP contribution in [0, 0.1) is 17.2 Å². The van der Waals surface area contributed by atoms with E-state index in [9.17, 15) is 19.2 Å². The number of nitrogens with zero attached hydrogens (tertiary/aromatic N) is 3. The Morgan fingerprint density at radius 1 is 1.18 bits per heavy atom. The van der Waals surface area contributed by atoms with Gasteiger partial charge in [-0.15, -0.1) is 0 Å². The van der Waals surface area contributed by atoms with Gasteiger partial charge in [-0.05, 0) is 62.1 Å². The van der Waals surface area contributed by atoms with Gasteiger partial charge in [0, 0.05) is 43.5 Å². The molecule has 2 atom stereocenters. The fourth-order valence-corrected chi connectivity index (χ4v) is 4.96. The van der Waals surface area contributed by atoms with E-state index < -0.39 is 6.10 Å². The Morgan fingerprint density at radius 2 is 1.98 bits per heavy atom. The van der Waals surface area contributed by atoms with Gasteiger partial charge < -0.3 is 20.7 Å². The summed E-state index contributed by atoms with van der Waals surface area (Å²) in [5.41, 5.74) is 0.941. The summed E-state index contributed by atoms with van der Waals surface area (Å²) in [5.74, 6) is -0.351. The molecule has 2 aromatic carbocycles. The van der Waals surface area contributed by atoms with Gasteiger partial charge in [0.2, 0.25) is 0 Å². The monoisotopic (exact) mass is 564 g/mol. The molecule has 11 nitrogen and oxygen atoms in total. The van der Waals surface area contributed by atoms with Gasteiger partial charge in [0.25, 0.3) is 17.4 Å². The molecular formula is C28H29ClN6O5. The number of hydrogen-bond acceptors (Lipinski definition) is 7. The van der Waals surface area contributed by atoms with E-state index in [1.54, 1.807) is 22.8 Å². The third kappa shape index (κ3) is 5.79. The molecule has 1 saturated carbocycles. The summed E-state index contributed by atoms with van der Waals surface area (Å²) < 4.78 is 8.63.